The standard InChI is InChI=1S/C19H14F2N6OS2/c20-14-7-6-13(8-15(14)21)16-10-29-18(22-16)23-17(28)11-30-19-24-25-26-27(19)9-12-4-2-1-3-5-12/h1-8,10H,9,11H2,(H,22,23,28). The Morgan fingerprint density at radius 1 is 1.13 bits per heavy atom. The van der Waals surface area contributed by atoms with Gasteiger partial charge in [0.05, 0.1) is 18.0 Å². The maximum absolute atomic E-state index is 13.4. The highest BCUT2D eigenvalue weighted by atomic mass is 32.2. The van der Waals surface area contributed by atoms with Gasteiger partial charge in [-0.05, 0) is 34.2 Å². The zero-order valence-corrected chi connectivity index (χ0v) is 17.0. The molecule has 11 heteroatoms. The van der Waals surface area contributed by atoms with E-state index in [9.17, 15) is 13.6 Å². The number of hydrogen-bond acceptors (Lipinski definition) is 7. The normalized spacial score (nSPS) is 10.9. The molecule has 152 valence electrons. The number of halogens is 2. The van der Waals surface area contributed by atoms with Crippen molar-refractivity contribution in [2.24, 2.45) is 0 Å². The Balaban J connectivity index is 1.34. The minimum atomic E-state index is -0.948. The molecular formula is C19H14F2N6OS2. The van der Waals surface area contributed by atoms with Crippen molar-refractivity contribution in [3.8, 4) is 11.3 Å². The zero-order valence-electron chi connectivity index (χ0n) is 15.3. The van der Waals surface area contributed by atoms with Crippen LogP contribution in [0.2, 0.25) is 0 Å². The lowest BCUT2D eigenvalue weighted by Gasteiger charge is -2.04. The van der Waals surface area contributed by atoms with Crippen LogP contribution in [0.5, 0.6) is 0 Å². The van der Waals surface area contributed by atoms with Gasteiger partial charge < -0.3 is 5.32 Å². The second-order valence-electron chi connectivity index (χ2n) is 6.11. The lowest BCUT2D eigenvalue weighted by Crippen LogP contribution is -2.14. The highest BCUT2D eigenvalue weighted by Gasteiger charge is 2.13. The third-order valence-corrected chi connectivity index (χ3v) is 5.69. The molecule has 2 aromatic carbocycles. The van der Waals surface area contributed by atoms with Crippen LogP contribution in [0.3, 0.4) is 0 Å². The lowest BCUT2D eigenvalue weighted by atomic mass is 10.2. The Morgan fingerprint density at radius 2 is 1.97 bits per heavy atom. The molecule has 0 fully saturated rings. The SMILES string of the molecule is O=C(CSc1nnnn1Cc1ccccc1)Nc1nc(-c2ccc(F)c(F)c2)cs1. The van der Waals surface area contributed by atoms with Crippen molar-refractivity contribution >= 4 is 34.1 Å². The highest BCUT2D eigenvalue weighted by Crippen LogP contribution is 2.26. The average molecular weight is 444 g/mol. The maximum Gasteiger partial charge on any atom is 0.236 e. The molecular weight excluding hydrogens is 430 g/mol. The fourth-order valence-corrected chi connectivity index (χ4v) is 3.97. The molecule has 2 heterocycles. The van der Waals surface area contributed by atoms with Gasteiger partial charge in [-0.3, -0.25) is 4.79 Å². The number of carbonyl (C=O) groups is 1. The Hall–Kier alpha value is -3.18. The van der Waals surface area contributed by atoms with Crippen molar-refractivity contribution in [1.29, 1.82) is 0 Å². The Kier molecular flexibility index (Phi) is 6.10. The minimum Gasteiger partial charge on any atom is -0.301 e. The minimum absolute atomic E-state index is 0.0925. The van der Waals surface area contributed by atoms with Crippen molar-refractivity contribution < 1.29 is 13.6 Å². The monoisotopic (exact) mass is 444 g/mol. The molecule has 30 heavy (non-hydrogen) atoms. The smallest absolute Gasteiger partial charge is 0.236 e. The second-order valence-corrected chi connectivity index (χ2v) is 7.91. The van der Waals surface area contributed by atoms with E-state index in [0.717, 1.165) is 17.7 Å². The molecule has 0 aliphatic heterocycles. The molecule has 0 radical (unpaired) electrons. The van der Waals surface area contributed by atoms with E-state index in [1.54, 1.807) is 10.1 Å². The highest BCUT2D eigenvalue weighted by molar-refractivity contribution is 7.99. The molecule has 0 saturated carbocycles. The first-order valence-corrected chi connectivity index (χ1v) is 10.6. The van der Waals surface area contributed by atoms with Gasteiger partial charge in [-0.15, -0.1) is 16.4 Å². The first-order chi connectivity index (χ1) is 14.6. The van der Waals surface area contributed by atoms with E-state index in [-0.39, 0.29) is 11.7 Å². The van der Waals surface area contributed by atoms with E-state index in [1.807, 2.05) is 30.3 Å². The zero-order chi connectivity index (χ0) is 20.9. The molecule has 0 aliphatic rings. The van der Waals surface area contributed by atoms with Crippen LogP contribution in [0.25, 0.3) is 11.3 Å². The number of benzene rings is 2. The number of amides is 1. The molecule has 2 aromatic heterocycles. The van der Waals surface area contributed by atoms with E-state index in [0.29, 0.717) is 28.1 Å². The topological polar surface area (TPSA) is 85.6 Å². The van der Waals surface area contributed by atoms with E-state index < -0.39 is 11.6 Å². The van der Waals surface area contributed by atoms with Gasteiger partial charge in [0.25, 0.3) is 0 Å². The first-order valence-electron chi connectivity index (χ1n) is 8.72. The maximum atomic E-state index is 13.4. The van der Waals surface area contributed by atoms with Crippen LogP contribution in [0, 0.1) is 11.6 Å². The number of anilines is 1. The largest absolute Gasteiger partial charge is 0.301 e. The van der Waals surface area contributed by atoms with Crippen molar-refractivity contribution in [3.63, 3.8) is 0 Å². The second kappa shape index (κ2) is 9.09. The summed E-state index contributed by atoms with van der Waals surface area (Å²) in [5, 5.41) is 16.8. The summed E-state index contributed by atoms with van der Waals surface area (Å²) in [5.74, 6) is -2.06. The number of nitrogens with one attached hydrogen (secondary N) is 1. The predicted molar refractivity (Wildman–Crippen MR) is 110 cm³/mol. The van der Waals surface area contributed by atoms with Crippen molar-refractivity contribution in [1.82, 2.24) is 25.2 Å². The van der Waals surface area contributed by atoms with E-state index in [2.05, 4.69) is 25.8 Å². The van der Waals surface area contributed by atoms with Crippen LogP contribution in [-0.4, -0.2) is 36.9 Å². The summed E-state index contributed by atoms with van der Waals surface area (Å²) < 4.78 is 28.1. The van der Waals surface area contributed by atoms with Gasteiger partial charge in [-0.1, -0.05) is 42.1 Å². The molecule has 7 nitrogen and oxygen atoms in total. The van der Waals surface area contributed by atoms with Gasteiger partial charge in [-0.25, -0.2) is 18.4 Å². The number of thiazole rings is 1. The molecule has 4 aromatic rings. The summed E-state index contributed by atoms with van der Waals surface area (Å²) in [5.41, 5.74) is 1.93. The number of thioether (sulfide) groups is 1. The summed E-state index contributed by atoms with van der Waals surface area (Å²) in [7, 11) is 0. The predicted octanol–water partition coefficient (Wildman–Crippen LogP) is 3.85. The molecule has 0 bridgehead atoms. The third-order valence-electron chi connectivity index (χ3n) is 3.97. The lowest BCUT2D eigenvalue weighted by molar-refractivity contribution is -0.113. The van der Waals surface area contributed by atoms with Gasteiger partial charge in [0.2, 0.25) is 11.1 Å². The van der Waals surface area contributed by atoms with Crippen LogP contribution in [0.1, 0.15) is 5.56 Å². The van der Waals surface area contributed by atoms with Gasteiger partial charge >= 0.3 is 0 Å². The van der Waals surface area contributed by atoms with Crippen LogP contribution < -0.4 is 5.32 Å². The molecule has 0 atom stereocenters. The summed E-state index contributed by atoms with van der Waals surface area (Å²) in [6.45, 7) is 0.502. The summed E-state index contributed by atoms with van der Waals surface area (Å²) in [6.07, 6.45) is 0. The van der Waals surface area contributed by atoms with Crippen LogP contribution in [0.4, 0.5) is 13.9 Å². The summed E-state index contributed by atoms with van der Waals surface area (Å²) in [6, 6.07) is 13.3. The third kappa shape index (κ3) is 4.86. The van der Waals surface area contributed by atoms with Crippen molar-refractivity contribution in [2.45, 2.75) is 11.7 Å². The Labute approximate surface area is 178 Å². The molecule has 4 rings (SSSR count). The molecule has 0 spiro atoms. The number of tetrazole rings is 1. The first kappa shape index (κ1) is 20.1. The van der Waals surface area contributed by atoms with Crippen LogP contribution in [-0.2, 0) is 11.3 Å². The average Bonchev–Trinajstić information content (AvgIpc) is 3.39. The van der Waals surface area contributed by atoms with E-state index in [1.165, 1.54) is 29.2 Å². The van der Waals surface area contributed by atoms with Crippen LogP contribution >= 0.6 is 23.1 Å². The van der Waals surface area contributed by atoms with E-state index >= 15 is 0 Å². The summed E-state index contributed by atoms with van der Waals surface area (Å²) >= 11 is 2.40. The number of carbonyl (C=O) groups excluding carboxylic acids is 1. The molecule has 1 N–H and O–H groups in total. The van der Waals surface area contributed by atoms with E-state index in [4.69, 9.17) is 0 Å². The van der Waals surface area contributed by atoms with Crippen molar-refractivity contribution in [3.05, 3.63) is 71.1 Å². The van der Waals surface area contributed by atoms with Gasteiger partial charge in [0, 0.05) is 10.9 Å². The number of aromatic nitrogens is 5. The molecule has 1 amide bonds. The fourth-order valence-electron chi connectivity index (χ4n) is 2.56. The quantitative estimate of drug-likeness (QED) is 0.436. The van der Waals surface area contributed by atoms with Gasteiger partial charge in [0.15, 0.2) is 16.8 Å². The van der Waals surface area contributed by atoms with Crippen LogP contribution in [0.15, 0.2) is 59.1 Å². The van der Waals surface area contributed by atoms with Gasteiger partial charge in [-0.2, -0.15) is 0 Å². The fraction of sp³-hybridized carbons (Fsp3) is 0.105. The number of hydrogen-bond donors (Lipinski definition) is 1. The van der Waals surface area contributed by atoms with Gasteiger partial charge in [0.1, 0.15) is 0 Å². The number of rotatable bonds is 7. The summed E-state index contributed by atoms with van der Waals surface area (Å²) in [4.78, 5) is 16.5. The van der Waals surface area contributed by atoms with Crippen molar-refractivity contribution in [2.75, 3.05) is 11.1 Å². The molecule has 0 saturated heterocycles. The molecule has 0 unspecified atom stereocenters. The Morgan fingerprint density at radius 3 is 2.77 bits per heavy atom. The number of nitrogens with zero attached hydrogens (tertiary/aromatic N) is 5. The Bertz CT molecular complexity index is 1160. The molecule has 0 aliphatic carbocycles.